The van der Waals surface area contributed by atoms with Crippen molar-refractivity contribution in [3.8, 4) is 67.5 Å². The van der Waals surface area contributed by atoms with Crippen molar-refractivity contribution < 1.29 is 22.9 Å². The van der Waals surface area contributed by atoms with Crippen LogP contribution in [0.4, 0.5) is 0 Å². The minimum Gasteiger partial charge on any atom is -0.507 e. The largest absolute Gasteiger partial charge is 0.507 e. The number of hydrogen-bond donors (Lipinski definition) is 1. The number of benzene rings is 6. The second-order valence-corrected chi connectivity index (χ2v) is 20.7. The monoisotopic (exact) mass is 899 g/mol. The number of phenols is 1. The van der Waals surface area contributed by atoms with Crippen LogP contribution in [0.15, 0.2) is 133 Å². The van der Waals surface area contributed by atoms with Crippen molar-refractivity contribution in [3.05, 3.63) is 167 Å². The molecule has 344 valence electrons. The van der Waals surface area contributed by atoms with Gasteiger partial charge in [0.15, 0.2) is 0 Å². The zero-order chi connectivity index (χ0) is 59.6. The van der Waals surface area contributed by atoms with E-state index in [1.807, 2.05) is 73.0 Å². The molecule has 6 aromatic carbocycles. The Morgan fingerprint density at radius 2 is 1.25 bits per heavy atom. The Morgan fingerprint density at radius 3 is 1.91 bits per heavy atom. The number of rotatable bonds is 9. The highest BCUT2D eigenvalue weighted by molar-refractivity contribution is 5.97. The molecule has 1 N–H and O–H groups in total. The van der Waals surface area contributed by atoms with Crippen LogP contribution in [0.1, 0.15) is 173 Å². The molecule has 67 heavy (non-hydrogen) atoms. The predicted octanol–water partition coefficient (Wildman–Crippen LogP) is 17.7. The van der Waals surface area contributed by atoms with E-state index < -0.39 is 71.9 Å². The van der Waals surface area contributed by atoms with Crippen LogP contribution in [0.2, 0.25) is 0 Å². The lowest BCUT2D eigenvalue weighted by Gasteiger charge is -2.25. The van der Waals surface area contributed by atoms with Gasteiger partial charge in [0.2, 0.25) is 0 Å². The normalized spacial score (nSPS) is 16.2. The van der Waals surface area contributed by atoms with Crippen molar-refractivity contribution in [1.29, 1.82) is 0 Å². The third-order valence-corrected chi connectivity index (χ3v) is 12.6. The Bertz CT molecular complexity index is 3700. The summed E-state index contributed by atoms with van der Waals surface area (Å²) in [5.74, 6) is -3.29. The molecule has 0 atom stereocenters. The van der Waals surface area contributed by atoms with E-state index in [9.17, 15) is 9.22 Å². The van der Waals surface area contributed by atoms with E-state index in [1.165, 1.54) is 12.3 Å². The van der Waals surface area contributed by atoms with Gasteiger partial charge in [-0.3, -0.25) is 9.55 Å². The second-order valence-electron chi connectivity index (χ2n) is 20.7. The Hall–Kier alpha value is -6.26. The number of hydrogen-bond acceptors (Lipinski definition) is 3. The van der Waals surface area contributed by atoms with E-state index in [0.717, 1.165) is 40.3 Å². The van der Waals surface area contributed by atoms with Crippen molar-refractivity contribution >= 4 is 11.0 Å². The van der Waals surface area contributed by atoms with Gasteiger partial charge in [-0.15, -0.1) is 0 Å². The molecule has 0 radical (unpaired) electrons. The molecule has 8 rings (SSSR count). The SMILES string of the molecule is [2H]c1c([2H])c(C(C)(C([2H])([2H])[2H])C([2H])([2H])[2H])c([2H])c([2H])c1-c1ccnc(-c2cc(-c3cccc4c3nc(-c3cc(C([2H])(C)C)cc(C([2H])(C)C)c3O)n4-c3ccc(-c4ccccc4C(C)(C)C)c(C([2H])(C)C)c3)cc(C(C)(C)C)c2)c1. The summed E-state index contributed by atoms with van der Waals surface area (Å²) in [6, 6.07) is 30.2. The van der Waals surface area contributed by atoms with E-state index in [0.29, 0.717) is 56.1 Å². The van der Waals surface area contributed by atoms with E-state index in [-0.39, 0.29) is 22.3 Å². The van der Waals surface area contributed by atoms with E-state index >= 15 is 0 Å². The molecule has 0 saturated heterocycles. The van der Waals surface area contributed by atoms with Gasteiger partial charge in [0.1, 0.15) is 11.6 Å². The smallest absolute Gasteiger partial charge is 0.149 e. The molecule has 0 spiro atoms. The van der Waals surface area contributed by atoms with E-state index in [4.69, 9.17) is 23.7 Å². The maximum atomic E-state index is 12.4. The van der Waals surface area contributed by atoms with Crippen molar-refractivity contribution in [2.75, 3.05) is 0 Å². The average molecular weight is 899 g/mol. The molecule has 0 aliphatic carbocycles. The van der Waals surface area contributed by atoms with Crippen LogP contribution in [0.3, 0.4) is 0 Å². The third kappa shape index (κ3) is 9.38. The van der Waals surface area contributed by atoms with Gasteiger partial charge in [-0.25, -0.2) is 4.98 Å². The van der Waals surface area contributed by atoms with Crippen molar-refractivity contribution in [3.63, 3.8) is 0 Å². The molecule has 0 aliphatic heterocycles. The van der Waals surface area contributed by atoms with Gasteiger partial charge < -0.3 is 5.11 Å². The molecule has 2 heterocycles. The van der Waals surface area contributed by atoms with Gasteiger partial charge >= 0.3 is 0 Å². The summed E-state index contributed by atoms with van der Waals surface area (Å²) < 4.78 is 116. The molecule has 4 heteroatoms. The van der Waals surface area contributed by atoms with Gasteiger partial charge in [-0.05, 0) is 144 Å². The fourth-order valence-electron chi connectivity index (χ4n) is 8.76. The molecule has 0 fully saturated rings. The Morgan fingerprint density at radius 1 is 0.567 bits per heavy atom. The zero-order valence-electron chi connectivity index (χ0n) is 54.2. The van der Waals surface area contributed by atoms with Crippen LogP contribution in [0.5, 0.6) is 5.75 Å². The number of para-hydroxylation sites is 1. The second kappa shape index (κ2) is 17.8. The molecule has 2 aromatic heterocycles. The summed E-state index contributed by atoms with van der Waals surface area (Å²) in [5, 5.41) is 12.4. The molecule has 8 aromatic rings. The molecule has 0 amide bonds. The number of fused-ring (bicyclic) bond motifs is 1. The zero-order valence-corrected chi connectivity index (χ0v) is 41.2. The first kappa shape index (κ1) is 33.3. The number of nitrogens with zero attached hydrogens (tertiary/aromatic N) is 3. The molecule has 0 aliphatic rings. The molecule has 0 unspecified atom stereocenters. The van der Waals surface area contributed by atoms with Crippen molar-refractivity contribution in [1.82, 2.24) is 14.5 Å². The minimum absolute atomic E-state index is 0.143. The number of pyridine rings is 1. The highest BCUT2D eigenvalue weighted by atomic mass is 16.3. The predicted molar refractivity (Wildman–Crippen MR) is 286 cm³/mol. The van der Waals surface area contributed by atoms with Crippen molar-refractivity contribution in [2.45, 2.75) is 138 Å². The minimum atomic E-state index is -3.21. The summed E-state index contributed by atoms with van der Waals surface area (Å²) in [6.45, 7) is 17.9. The molecular formula is C63H71N3O. The topological polar surface area (TPSA) is 50.9 Å². The van der Waals surface area contributed by atoms with Gasteiger partial charge in [-0.2, -0.15) is 0 Å². The fourth-order valence-corrected chi connectivity index (χ4v) is 8.76. The van der Waals surface area contributed by atoms with Crippen LogP contribution in [0.25, 0.3) is 72.7 Å². The standard InChI is InChI=1S/C63H71N3O/c1-38(2)43-34-53(40(5)6)59(67)54(35-43)60-65-58-49(20-18-22-57(58)66(60)48-27-28-50(52(37-48)39(3)4)51-19-16-17-21-55(51)63(13,14)15)44-31-45(33-47(32-44)62(10,11)12)56-36-42(29-30-64-56)41-23-25-46(26-24-41)61(7,8)9/h16-40,67H,1-15H3/i7D3,8D3,23D,24D,25D,26D,38D,39D,40D. The first-order valence-corrected chi connectivity index (χ1v) is 23.0. The maximum absolute atomic E-state index is 12.4. The lowest BCUT2D eigenvalue weighted by Crippen LogP contribution is -2.13. The fraction of sp³-hybridized carbons (Fsp3) is 0.333. The number of aromatic hydroxyl groups is 1. The van der Waals surface area contributed by atoms with Crippen LogP contribution in [0, 0.1) is 0 Å². The number of aromatic nitrogens is 3. The quantitative estimate of drug-likeness (QED) is 0.157. The number of imidazole rings is 1. The lowest BCUT2D eigenvalue weighted by molar-refractivity contribution is 0.466. The first-order valence-electron chi connectivity index (χ1n) is 29.5. The summed E-state index contributed by atoms with van der Waals surface area (Å²) in [4.78, 5) is 10.2. The number of phenolic OH excluding ortho intramolecular Hbond substituents is 1. The highest BCUT2D eigenvalue weighted by Gasteiger charge is 2.27. The van der Waals surface area contributed by atoms with E-state index in [1.54, 1.807) is 45.9 Å². The van der Waals surface area contributed by atoms with Crippen LogP contribution in [-0.2, 0) is 16.2 Å². The molecule has 0 bridgehead atoms. The Labute approximate surface area is 419 Å². The Balaban J connectivity index is 1.42. The van der Waals surface area contributed by atoms with Crippen LogP contribution >= 0.6 is 0 Å². The lowest BCUT2D eigenvalue weighted by atomic mass is 9.80. The first-order chi connectivity index (χ1) is 36.6. The summed E-state index contributed by atoms with van der Waals surface area (Å²) in [5.41, 5.74) is 6.38. The summed E-state index contributed by atoms with van der Waals surface area (Å²) in [7, 11) is 0. The van der Waals surface area contributed by atoms with Gasteiger partial charge in [0.25, 0.3) is 0 Å². The highest BCUT2D eigenvalue weighted by Crippen LogP contribution is 2.45. The summed E-state index contributed by atoms with van der Waals surface area (Å²) >= 11 is 0. The maximum Gasteiger partial charge on any atom is 0.149 e. The van der Waals surface area contributed by atoms with Crippen LogP contribution < -0.4 is 0 Å². The summed E-state index contributed by atoms with van der Waals surface area (Å²) in [6.07, 6.45) is 1.49. The molecular weight excluding hydrogens is 815 g/mol. The average Bonchev–Trinajstić information content (AvgIpc) is 3.75. The molecule has 4 nitrogen and oxygen atoms in total. The van der Waals surface area contributed by atoms with Crippen LogP contribution in [-0.4, -0.2) is 19.6 Å². The Kier molecular flexibility index (Phi) is 8.81. The van der Waals surface area contributed by atoms with Gasteiger partial charge in [0.05, 0.1) is 27.8 Å². The van der Waals surface area contributed by atoms with Gasteiger partial charge in [0, 0.05) is 35.3 Å². The van der Waals surface area contributed by atoms with Gasteiger partial charge in [-0.1, -0.05) is 182 Å². The van der Waals surface area contributed by atoms with E-state index in [2.05, 4.69) is 65.8 Å². The van der Waals surface area contributed by atoms with Crippen molar-refractivity contribution in [2.24, 2.45) is 0 Å². The third-order valence-electron chi connectivity index (χ3n) is 12.6. The molecule has 0 saturated carbocycles.